The number of hydrogen-bond acceptors (Lipinski definition) is 6. The summed E-state index contributed by atoms with van der Waals surface area (Å²) in [6.45, 7) is 2.07. The summed E-state index contributed by atoms with van der Waals surface area (Å²) in [4.78, 5) is 6.30. The van der Waals surface area contributed by atoms with E-state index in [0.717, 1.165) is 35.6 Å². The van der Waals surface area contributed by atoms with Gasteiger partial charge in [-0.15, -0.1) is 0 Å². The largest absolute Gasteiger partial charge is 0.396 e. The van der Waals surface area contributed by atoms with Crippen molar-refractivity contribution in [3.63, 3.8) is 0 Å². The van der Waals surface area contributed by atoms with Crippen LogP contribution in [0.2, 0.25) is 0 Å². The van der Waals surface area contributed by atoms with Gasteiger partial charge >= 0.3 is 0 Å². The average molecular weight is 276 g/mol. The molecule has 0 aromatic carbocycles. The normalized spacial score (nSPS) is 19.0. The van der Waals surface area contributed by atoms with Gasteiger partial charge in [0.05, 0.1) is 5.56 Å². The molecule has 0 aliphatic carbocycles. The lowest BCUT2D eigenvalue weighted by atomic mass is 10.1. The molecule has 0 bridgehead atoms. The van der Waals surface area contributed by atoms with Gasteiger partial charge in [0.25, 0.3) is 0 Å². The number of pyridine rings is 1. The number of rotatable bonds is 3. The highest BCUT2D eigenvalue weighted by Crippen LogP contribution is 2.40. The highest BCUT2D eigenvalue weighted by molar-refractivity contribution is 7.11. The lowest BCUT2D eigenvalue weighted by Gasteiger charge is -2.17. The lowest BCUT2D eigenvalue weighted by Crippen LogP contribution is -2.20. The van der Waals surface area contributed by atoms with Crippen LogP contribution in [-0.2, 0) is 0 Å². The van der Waals surface area contributed by atoms with Crippen molar-refractivity contribution in [3.8, 4) is 11.1 Å². The van der Waals surface area contributed by atoms with Crippen LogP contribution in [0, 0.1) is 5.92 Å². The third-order valence-electron chi connectivity index (χ3n) is 3.50. The molecule has 2 aromatic rings. The standard InChI is InChI=1S/C13H16N4OS/c14-12-11(10-1-4-15-5-2-10)13(19-16-12)17-6-3-9(7-17)8-18/h1-2,4-5,9,18H,3,6-8H2,(H2,14,16). The Morgan fingerprint density at radius 3 is 2.89 bits per heavy atom. The van der Waals surface area contributed by atoms with Crippen LogP contribution in [0.3, 0.4) is 0 Å². The van der Waals surface area contributed by atoms with Crippen LogP contribution in [0.25, 0.3) is 11.1 Å². The third-order valence-corrected chi connectivity index (χ3v) is 4.42. The average Bonchev–Trinajstić information content (AvgIpc) is 3.05. The van der Waals surface area contributed by atoms with Crippen LogP contribution < -0.4 is 10.6 Å². The maximum atomic E-state index is 9.25. The Balaban J connectivity index is 1.96. The minimum atomic E-state index is 0.245. The van der Waals surface area contributed by atoms with E-state index < -0.39 is 0 Å². The van der Waals surface area contributed by atoms with E-state index in [1.54, 1.807) is 12.4 Å². The van der Waals surface area contributed by atoms with Crippen molar-refractivity contribution in [3.05, 3.63) is 24.5 Å². The second-order valence-electron chi connectivity index (χ2n) is 4.77. The van der Waals surface area contributed by atoms with Gasteiger partial charge in [0, 0.05) is 38.0 Å². The number of nitrogens with zero attached hydrogens (tertiary/aromatic N) is 3. The molecule has 3 heterocycles. The van der Waals surface area contributed by atoms with Crippen LogP contribution in [0.4, 0.5) is 10.8 Å². The minimum absolute atomic E-state index is 0.245. The second kappa shape index (κ2) is 5.14. The fourth-order valence-electron chi connectivity index (χ4n) is 2.47. The highest BCUT2D eigenvalue weighted by atomic mass is 32.1. The predicted octanol–water partition coefficient (Wildman–Crippen LogP) is 1.61. The summed E-state index contributed by atoms with van der Waals surface area (Å²) < 4.78 is 4.28. The van der Waals surface area contributed by atoms with Gasteiger partial charge < -0.3 is 15.7 Å². The minimum Gasteiger partial charge on any atom is -0.396 e. The summed E-state index contributed by atoms with van der Waals surface area (Å²) in [5.74, 6) is 0.923. The summed E-state index contributed by atoms with van der Waals surface area (Å²) >= 11 is 1.43. The zero-order valence-electron chi connectivity index (χ0n) is 10.5. The molecule has 1 fully saturated rings. The molecule has 1 saturated heterocycles. The maximum absolute atomic E-state index is 9.25. The Kier molecular flexibility index (Phi) is 3.35. The molecular weight excluding hydrogens is 260 g/mol. The lowest BCUT2D eigenvalue weighted by molar-refractivity contribution is 0.239. The van der Waals surface area contributed by atoms with E-state index in [1.807, 2.05) is 12.1 Å². The molecule has 0 radical (unpaired) electrons. The molecular formula is C13H16N4OS. The Hall–Kier alpha value is -1.66. The van der Waals surface area contributed by atoms with E-state index in [9.17, 15) is 5.11 Å². The number of anilines is 2. The van der Waals surface area contributed by atoms with E-state index in [1.165, 1.54) is 11.5 Å². The van der Waals surface area contributed by atoms with Crippen LogP contribution in [0.1, 0.15) is 6.42 Å². The molecule has 1 atom stereocenters. The predicted molar refractivity (Wildman–Crippen MR) is 77.2 cm³/mol. The van der Waals surface area contributed by atoms with Gasteiger partial charge in [-0.1, -0.05) is 0 Å². The van der Waals surface area contributed by atoms with Crippen molar-refractivity contribution < 1.29 is 5.11 Å². The fraction of sp³-hybridized carbons (Fsp3) is 0.385. The fourth-order valence-corrected chi connectivity index (χ4v) is 3.34. The zero-order chi connectivity index (χ0) is 13.2. The summed E-state index contributed by atoms with van der Waals surface area (Å²) in [5, 5.41) is 10.3. The van der Waals surface area contributed by atoms with E-state index in [2.05, 4.69) is 14.3 Å². The van der Waals surface area contributed by atoms with Crippen LogP contribution in [-0.4, -0.2) is 34.2 Å². The number of nitrogens with two attached hydrogens (primary N) is 1. The summed E-state index contributed by atoms with van der Waals surface area (Å²) in [5.41, 5.74) is 8.05. The Morgan fingerprint density at radius 1 is 1.42 bits per heavy atom. The molecule has 19 heavy (non-hydrogen) atoms. The van der Waals surface area contributed by atoms with Crippen molar-refractivity contribution in [1.82, 2.24) is 9.36 Å². The van der Waals surface area contributed by atoms with E-state index in [0.29, 0.717) is 11.7 Å². The van der Waals surface area contributed by atoms with Crippen LogP contribution >= 0.6 is 11.5 Å². The molecule has 3 rings (SSSR count). The Labute approximate surface area is 115 Å². The van der Waals surface area contributed by atoms with E-state index >= 15 is 0 Å². The van der Waals surface area contributed by atoms with Gasteiger partial charge in [0.2, 0.25) is 0 Å². The molecule has 0 amide bonds. The molecule has 2 aromatic heterocycles. The smallest absolute Gasteiger partial charge is 0.147 e. The number of aromatic nitrogens is 2. The van der Waals surface area contributed by atoms with E-state index in [4.69, 9.17) is 5.73 Å². The van der Waals surface area contributed by atoms with Gasteiger partial charge in [-0.05, 0) is 35.6 Å². The number of aliphatic hydroxyl groups is 1. The molecule has 3 N–H and O–H groups in total. The highest BCUT2D eigenvalue weighted by Gasteiger charge is 2.26. The molecule has 5 nitrogen and oxygen atoms in total. The molecule has 0 spiro atoms. The van der Waals surface area contributed by atoms with Crippen molar-refractivity contribution in [2.24, 2.45) is 5.92 Å². The Morgan fingerprint density at radius 2 is 2.21 bits per heavy atom. The van der Waals surface area contributed by atoms with Crippen molar-refractivity contribution in [1.29, 1.82) is 0 Å². The Bertz CT molecular complexity index is 557. The van der Waals surface area contributed by atoms with Gasteiger partial charge in [-0.2, -0.15) is 4.37 Å². The number of aliphatic hydroxyl groups excluding tert-OH is 1. The molecule has 1 aliphatic rings. The molecule has 1 unspecified atom stereocenters. The first-order chi connectivity index (χ1) is 9.29. The van der Waals surface area contributed by atoms with Gasteiger partial charge in [0.15, 0.2) is 0 Å². The molecule has 6 heteroatoms. The number of hydrogen-bond donors (Lipinski definition) is 2. The first-order valence-corrected chi connectivity index (χ1v) is 7.08. The second-order valence-corrected chi connectivity index (χ2v) is 5.52. The quantitative estimate of drug-likeness (QED) is 0.890. The van der Waals surface area contributed by atoms with Crippen LogP contribution in [0.5, 0.6) is 0 Å². The van der Waals surface area contributed by atoms with E-state index in [-0.39, 0.29) is 6.61 Å². The zero-order valence-corrected chi connectivity index (χ0v) is 11.3. The topological polar surface area (TPSA) is 75.3 Å². The van der Waals surface area contributed by atoms with Gasteiger partial charge in [0.1, 0.15) is 10.8 Å². The first-order valence-electron chi connectivity index (χ1n) is 6.31. The van der Waals surface area contributed by atoms with Crippen molar-refractivity contribution >= 4 is 22.4 Å². The maximum Gasteiger partial charge on any atom is 0.147 e. The van der Waals surface area contributed by atoms with Crippen LogP contribution in [0.15, 0.2) is 24.5 Å². The van der Waals surface area contributed by atoms with Gasteiger partial charge in [-0.3, -0.25) is 4.98 Å². The third kappa shape index (κ3) is 2.29. The monoisotopic (exact) mass is 276 g/mol. The van der Waals surface area contributed by atoms with Gasteiger partial charge in [-0.25, -0.2) is 0 Å². The summed E-state index contributed by atoms with van der Waals surface area (Å²) in [6.07, 6.45) is 4.54. The molecule has 100 valence electrons. The molecule has 0 saturated carbocycles. The first kappa shape index (κ1) is 12.4. The summed E-state index contributed by atoms with van der Waals surface area (Å²) in [7, 11) is 0. The molecule has 1 aliphatic heterocycles. The van der Waals surface area contributed by atoms with Crippen molar-refractivity contribution in [2.75, 3.05) is 30.3 Å². The SMILES string of the molecule is Nc1nsc(N2CCC(CO)C2)c1-c1ccncc1. The van der Waals surface area contributed by atoms with Crippen molar-refractivity contribution in [2.45, 2.75) is 6.42 Å². The number of nitrogen functional groups attached to an aromatic ring is 1. The summed E-state index contributed by atoms with van der Waals surface area (Å²) in [6, 6.07) is 3.90.